The maximum absolute atomic E-state index is 13.0. The Kier molecular flexibility index (Phi) is 7.55. The van der Waals surface area contributed by atoms with Crippen LogP contribution < -0.4 is 24.4 Å². The van der Waals surface area contributed by atoms with Gasteiger partial charge in [-0.05, 0) is 59.9 Å². The molecule has 4 rings (SSSR count). The number of benzene rings is 3. The van der Waals surface area contributed by atoms with Crippen molar-refractivity contribution < 1.29 is 23.8 Å². The first-order valence-corrected chi connectivity index (χ1v) is 11.6. The Labute approximate surface area is 205 Å². The summed E-state index contributed by atoms with van der Waals surface area (Å²) in [4.78, 5) is 27.3. The van der Waals surface area contributed by atoms with E-state index in [2.05, 4.69) is 5.32 Å². The molecule has 2 amide bonds. The Morgan fingerprint density at radius 3 is 2.26 bits per heavy atom. The van der Waals surface area contributed by atoms with E-state index < -0.39 is 0 Å². The second-order valence-corrected chi connectivity index (χ2v) is 8.35. The van der Waals surface area contributed by atoms with Crippen LogP contribution in [0.1, 0.15) is 33.5 Å². The highest BCUT2D eigenvalue weighted by Gasteiger charge is 2.25. The lowest BCUT2D eigenvalue weighted by Crippen LogP contribution is -2.29. The van der Waals surface area contributed by atoms with Crippen molar-refractivity contribution in [3.05, 3.63) is 82.9 Å². The minimum atomic E-state index is -0.0588. The normalized spacial score (nSPS) is 12.1. The van der Waals surface area contributed by atoms with E-state index >= 15 is 0 Å². The number of nitrogens with zero attached hydrogens (tertiary/aromatic N) is 1. The summed E-state index contributed by atoms with van der Waals surface area (Å²) in [6.45, 7) is 1.06. The summed E-state index contributed by atoms with van der Waals surface area (Å²) in [6, 6.07) is 19.1. The molecule has 1 N–H and O–H groups in total. The molecule has 0 aromatic heterocycles. The third kappa shape index (κ3) is 5.40. The van der Waals surface area contributed by atoms with Crippen LogP contribution in [0.3, 0.4) is 0 Å². The summed E-state index contributed by atoms with van der Waals surface area (Å²) in [5.74, 6) is 1.59. The molecule has 182 valence electrons. The molecule has 3 aromatic rings. The zero-order valence-electron chi connectivity index (χ0n) is 20.3. The van der Waals surface area contributed by atoms with Crippen molar-refractivity contribution in [2.24, 2.45) is 0 Å². The molecule has 1 aliphatic heterocycles. The minimum absolute atomic E-state index is 0.00381. The van der Waals surface area contributed by atoms with E-state index in [9.17, 15) is 9.59 Å². The average molecular weight is 475 g/mol. The Hall–Kier alpha value is -4.00. The van der Waals surface area contributed by atoms with Crippen molar-refractivity contribution in [2.45, 2.75) is 25.8 Å². The largest absolute Gasteiger partial charge is 0.493 e. The van der Waals surface area contributed by atoms with Crippen molar-refractivity contribution in [2.75, 3.05) is 32.8 Å². The Bertz CT molecular complexity index is 1180. The van der Waals surface area contributed by atoms with E-state index in [4.69, 9.17) is 14.2 Å². The molecule has 1 aliphatic rings. The highest BCUT2D eigenvalue weighted by Crippen LogP contribution is 2.38. The summed E-state index contributed by atoms with van der Waals surface area (Å²) < 4.78 is 16.1. The molecule has 1 heterocycles. The van der Waals surface area contributed by atoms with Gasteiger partial charge in [0.1, 0.15) is 0 Å². The standard InChI is InChI=1S/C28H30N2O5/c1-33-24-16-19(17-25(34-2)27(24)35-3)10-12-26(31)29-18-20-9-11-21-13-14-30(23(21)15-20)28(32)22-7-5-4-6-8-22/h4-9,11,15-17H,10,12-14,18H2,1-3H3,(H,29,31). The zero-order valence-corrected chi connectivity index (χ0v) is 20.3. The lowest BCUT2D eigenvalue weighted by atomic mass is 10.1. The Morgan fingerprint density at radius 1 is 0.886 bits per heavy atom. The molecule has 7 heteroatoms. The van der Waals surface area contributed by atoms with Crippen LogP contribution in [0.2, 0.25) is 0 Å². The van der Waals surface area contributed by atoms with Gasteiger partial charge >= 0.3 is 0 Å². The smallest absolute Gasteiger partial charge is 0.258 e. The van der Waals surface area contributed by atoms with Gasteiger partial charge in [-0.2, -0.15) is 0 Å². The van der Waals surface area contributed by atoms with Crippen molar-refractivity contribution >= 4 is 17.5 Å². The molecule has 7 nitrogen and oxygen atoms in total. The van der Waals surface area contributed by atoms with Gasteiger partial charge in [0.05, 0.1) is 21.3 Å². The van der Waals surface area contributed by atoms with Crippen molar-refractivity contribution in [1.82, 2.24) is 5.32 Å². The van der Waals surface area contributed by atoms with E-state index in [1.807, 2.05) is 65.6 Å². The summed E-state index contributed by atoms with van der Waals surface area (Å²) in [7, 11) is 4.70. The van der Waals surface area contributed by atoms with Crippen molar-refractivity contribution in [3.8, 4) is 17.2 Å². The number of carbonyl (C=O) groups excluding carboxylic acids is 2. The van der Waals surface area contributed by atoms with Gasteiger partial charge in [0.25, 0.3) is 5.91 Å². The van der Waals surface area contributed by atoms with Crippen LogP contribution in [0, 0.1) is 0 Å². The molecule has 0 spiro atoms. The number of aryl methyl sites for hydroxylation is 1. The summed E-state index contributed by atoms with van der Waals surface area (Å²) in [6.07, 6.45) is 1.68. The number of hydrogen-bond acceptors (Lipinski definition) is 5. The second-order valence-electron chi connectivity index (χ2n) is 8.35. The number of rotatable bonds is 9. The van der Waals surface area contributed by atoms with Crippen LogP contribution in [0.5, 0.6) is 17.2 Å². The molecule has 35 heavy (non-hydrogen) atoms. The maximum Gasteiger partial charge on any atom is 0.258 e. The van der Waals surface area contributed by atoms with Gasteiger partial charge in [0.2, 0.25) is 11.7 Å². The third-order valence-electron chi connectivity index (χ3n) is 6.17. The second kappa shape index (κ2) is 11.0. The van der Waals surface area contributed by atoms with Gasteiger partial charge in [-0.15, -0.1) is 0 Å². The van der Waals surface area contributed by atoms with Crippen LogP contribution in [-0.2, 0) is 24.2 Å². The molecule has 3 aromatic carbocycles. The van der Waals surface area contributed by atoms with Crippen LogP contribution in [0.4, 0.5) is 5.69 Å². The quantitative estimate of drug-likeness (QED) is 0.504. The van der Waals surface area contributed by atoms with Crippen molar-refractivity contribution in [1.29, 1.82) is 0 Å². The molecule has 0 aliphatic carbocycles. The molecule has 0 fully saturated rings. The Morgan fingerprint density at radius 2 is 1.60 bits per heavy atom. The van der Waals surface area contributed by atoms with Gasteiger partial charge in [-0.1, -0.05) is 30.3 Å². The average Bonchev–Trinajstić information content (AvgIpc) is 3.33. The molecule has 0 atom stereocenters. The van der Waals surface area contributed by atoms with Gasteiger partial charge in [0.15, 0.2) is 11.5 Å². The predicted octanol–water partition coefficient (Wildman–Crippen LogP) is 4.16. The van der Waals surface area contributed by atoms with Crippen LogP contribution in [0.25, 0.3) is 0 Å². The van der Waals surface area contributed by atoms with Gasteiger partial charge in [-0.25, -0.2) is 0 Å². The number of amides is 2. The summed E-state index contributed by atoms with van der Waals surface area (Å²) in [5, 5.41) is 2.99. The topological polar surface area (TPSA) is 77.1 Å². The molecular formula is C28H30N2O5. The van der Waals surface area contributed by atoms with E-state index in [1.54, 1.807) is 21.3 Å². The molecule has 0 radical (unpaired) electrons. The molecule has 0 unspecified atom stereocenters. The van der Waals surface area contributed by atoms with Crippen LogP contribution >= 0.6 is 0 Å². The first kappa shape index (κ1) is 24.1. The van der Waals surface area contributed by atoms with Crippen molar-refractivity contribution in [3.63, 3.8) is 0 Å². The lowest BCUT2D eigenvalue weighted by Gasteiger charge is -2.18. The molecule has 0 saturated heterocycles. The fourth-order valence-corrected chi connectivity index (χ4v) is 4.31. The predicted molar refractivity (Wildman–Crippen MR) is 135 cm³/mol. The summed E-state index contributed by atoms with van der Waals surface area (Å²) >= 11 is 0. The number of nitrogens with one attached hydrogen (secondary N) is 1. The zero-order chi connectivity index (χ0) is 24.8. The number of ether oxygens (including phenoxy) is 3. The van der Waals surface area contributed by atoms with Crippen LogP contribution in [0.15, 0.2) is 60.7 Å². The minimum Gasteiger partial charge on any atom is -0.493 e. The SMILES string of the molecule is COc1cc(CCC(=O)NCc2ccc3c(c2)N(C(=O)c2ccccc2)CC3)cc(OC)c1OC. The first-order valence-electron chi connectivity index (χ1n) is 11.6. The maximum atomic E-state index is 13.0. The van der Waals surface area contributed by atoms with Crippen LogP contribution in [-0.4, -0.2) is 39.7 Å². The van der Waals surface area contributed by atoms with E-state index in [0.29, 0.717) is 48.7 Å². The highest BCUT2D eigenvalue weighted by molar-refractivity contribution is 6.07. The highest BCUT2D eigenvalue weighted by atomic mass is 16.5. The van der Waals surface area contributed by atoms with Gasteiger partial charge in [0, 0.05) is 30.8 Å². The summed E-state index contributed by atoms with van der Waals surface area (Å²) in [5.41, 5.74) is 4.61. The molecule has 0 saturated carbocycles. The van der Waals surface area contributed by atoms with Gasteiger partial charge in [-0.3, -0.25) is 9.59 Å². The monoisotopic (exact) mass is 474 g/mol. The molecule has 0 bridgehead atoms. The number of methoxy groups -OCH3 is 3. The number of carbonyl (C=O) groups is 2. The first-order chi connectivity index (χ1) is 17.0. The number of anilines is 1. The third-order valence-corrected chi connectivity index (χ3v) is 6.17. The lowest BCUT2D eigenvalue weighted by molar-refractivity contribution is -0.121. The van der Waals surface area contributed by atoms with E-state index in [-0.39, 0.29) is 11.8 Å². The Balaban J connectivity index is 1.37. The number of fused-ring (bicyclic) bond motifs is 1. The fourth-order valence-electron chi connectivity index (χ4n) is 4.31. The van der Waals surface area contributed by atoms with E-state index in [0.717, 1.165) is 28.8 Å². The fraction of sp³-hybridized carbons (Fsp3) is 0.286. The van der Waals surface area contributed by atoms with E-state index in [1.165, 1.54) is 0 Å². The molecular weight excluding hydrogens is 444 g/mol. The number of hydrogen-bond donors (Lipinski definition) is 1. The van der Waals surface area contributed by atoms with Gasteiger partial charge < -0.3 is 24.4 Å².